The van der Waals surface area contributed by atoms with Crippen LogP contribution >= 0.6 is 23.4 Å². The highest BCUT2D eigenvalue weighted by Gasteiger charge is 2.13. The summed E-state index contributed by atoms with van der Waals surface area (Å²) in [6.45, 7) is 0. The van der Waals surface area contributed by atoms with Crippen LogP contribution in [-0.4, -0.2) is 27.0 Å². The summed E-state index contributed by atoms with van der Waals surface area (Å²) in [4.78, 5) is 11.9. The Balaban J connectivity index is 1.60. The van der Waals surface area contributed by atoms with Crippen LogP contribution in [0.4, 0.5) is 10.1 Å². The predicted octanol–water partition coefficient (Wildman–Crippen LogP) is 3.97. The van der Waals surface area contributed by atoms with Crippen molar-refractivity contribution in [3.8, 4) is 17.2 Å². The van der Waals surface area contributed by atoms with E-state index in [9.17, 15) is 14.3 Å². The van der Waals surface area contributed by atoms with Gasteiger partial charge in [-0.25, -0.2) is 4.39 Å². The molecule has 1 amide bonds. The lowest BCUT2D eigenvalue weighted by molar-refractivity contribution is -0.113. The fourth-order valence-corrected chi connectivity index (χ4v) is 2.66. The Morgan fingerprint density at radius 1 is 1.28 bits per heavy atom. The molecule has 0 saturated heterocycles. The smallest absolute Gasteiger partial charge is 0.277 e. The molecule has 0 bridgehead atoms. The van der Waals surface area contributed by atoms with Gasteiger partial charge in [-0.05, 0) is 36.4 Å². The number of carbonyl (C=O) groups is 1. The molecular formula is C16H11ClFN3O3S. The maximum absolute atomic E-state index is 13.2. The van der Waals surface area contributed by atoms with E-state index in [2.05, 4.69) is 15.5 Å². The largest absolute Gasteiger partial charge is 0.506 e. The average Bonchev–Trinajstić information content (AvgIpc) is 3.05. The Labute approximate surface area is 151 Å². The van der Waals surface area contributed by atoms with Crippen molar-refractivity contribution in [1.29, 1.82) is 0 Å². The van der Waals surface area contributed by atoms with Crippen LogP contribution in [-0.2, 0) is 4.79 Å². The fraction of sp³-hybridized carbons (Fsp3) is 0.0625. The summed E-state index contributed by atoms with van der Waals surface area (Å²) in [5, 5.41) is 20.4. The van der Waals surface area contributed by atoms with Crippen molar-refractivity contribution in [2.45, 2.75) is 5.22 Å². The molecule has 0 unspecified atom stereocenters. The first kappa shape index (κ1) is 17.2. The second kappa shape index (κ2) is 7.54. The summed E-state index contributed by atoms with van der Waals surface area (Å²) >= 11 is 6.83. The molecule has 3 rings (SSSR count). The average molecular weight is 380 g/mol. The fourth-order valence-electron chi connectivity index (χ4n) is 1.93. The lowest BCUT2D eigenvalue weighted by Crippen LogP contribution is -2.14. The minimum atomic E-state index is -0.411. The molecular weight excluding hydrogens is 369 g/mol. The number of amides is 1. The third-order valence-electron chi connectivity index (χ3n) is 3.04. The van der Waals surface area contributed by atoms with Gasteiger partial charge in [-0.15, -0.1) is 10.2 Å². The second-order valence-electron chi connectivity index (χ2n) is 4.88. The molecule has 128 valence electrons. The number of carbonyl (C=O) groups excluding carboxylic acids is 1. The Morgan fingerprint density at radius 3 is 2.92 bits per heavy atom. The number of thioether (sulfide) groups is 1. The van der Waals surface area contributed by atoms with Crippen LogP contribution in [0, 0.1) is 5.82 Å². The third-order valence-corrected chi connectivity index (χ3v) is 4.09. The van der Waals surface area contributed by atoms with Gasteiger partial charge < -0.3 is 14.8 Å². The van der Waals surface area contributed by atoms with Crippen molar-refractivity contribution < 1.29 is 18.7 Å². The Kier molecular flexibility index (Phi) is 5.20. The maximum Gasteiger partial charge on any atom is 0.277 e. The molecule has 0 spiro atoms. The number of halogens is 2. The van der Waals surface area contributed by atoms with Gasteiger partial charge in [0.15, 0.2) is 0 Å². The monoisotopic (exact) mass is 379 g/mol. The molecule has 1 aromatic heterocycles. The highest BCUT2D eigenvalue weighted by molar-refractivity contribution is 7.99. The molecule has 9 heteroatoms. The van der Waals surface area contributed by atoms with E-state index < -0.39 is 5.82 Å². The van der Waals surface area contributed by atoms with Crippen LogP contribution in [0.3, 0.4) is 0 Å². The lowest BCUT2D eigenvalue weighted by Gasteiger charge is -2.06. The zero-order chi connectivity index (χ0) is 17.8. The predicted molar refractivity (Wildman–Crippen MR) is 92.2 cm³/mol. The van der Waals surface area contributed by atoms with E-state index in [-0.39, 0.29) is 34.2 Å². The molecule has 0 saturated carbocycles. The number of anilines is 1. The molecule has 25 heavy (non-hydrogen) atoms. The number of benzene rings is 2. The second-order valence-corrected chi connectivity index (χ2v) is 6.24. The number of nitrogens with zero attached hydrogens (tertiary/aromatic N) is 2. The van der Waals surface area contributed by atoms with Gasteiger partial charge in [-0.3, -0.25) is 4.79 Å². The Bertz CT molecular complexity index is 919. The van der Waals surface area contributed by atoms with Crippen LogP contribution in [0.2, 0.25) is 5.02 Å². The summed E-state index contributed by atoms with van der Waals surface area (Å²) in [6, 6.07) is 10.1. The van der Waals surface area contributed by atoms with Gasteiger partial charge in [0.05, 0.1) is 11.4 Å². The summed E-state index contributed by atoms with van der Waals surface area (Å²) in [7, 11) is 0. The number of rotatable bonds is 5. The number of aromatic nitrogens is 2. The van der Waals surface area contributed by atoms with E-state index in [1.807, 2.05) is 0 Å². The first-order valence-corrected chi connectivity index (χ1v) is 8.38. The van der Waals surface area contributed by atoms with E-state index in [0.717, 1.165) is 11.8 Å². The zero-order valence-electron chi connectivity index (χ0n) is 12.6. The molecule has 2 N–H and O–H groups in total. The van der Waals surface area contributed by atoms with E-state index in [0.29, 0.717) is 10.6 Å². The molecule has 0 fully saturated rings. The quantitative estimate of drug-likeness (QED) is 0.515. The van der Waals surface area contributed by atoms with E-state index in [4.69, 9.17) is 16.0 Å². The van der Waals surface area contributed by atoms with Gasteiger partial charge in [-0.1, -0.05) is 29.4 Å². The van der Waals surface area contributed by atoms with E-state index in [1.165, 1.54) is 36.4 Å². The summed E-state index contributed by atoms with van der Waals surface area (Å²) < 4.78 is 18.6. The number of phenols is 1. The van der Waals surface area contributed by atoms with Crippen molar-refractivity contribution in [2.24, 2.45) is 0 Å². The minimum Gasteiger partial charge on any atom is -0.506 e. The molecule has 6 nitrogen and oxygen atoms in total. The van der Waals surface area contributed by atoms with Crippen molar-refractivity contribution >= 4 is 35.0 Å². The van der Waals surface area contributed by atoms with Crippen LogP contribution < -0.4 is 5.32 Å². The van der Waals surface area contributed by atoms with Crippen LogP contribution in [0.1, 0.15) is 0 Å². The maximum atomic E-state index is 13.2. The van der Waals surface area contributed by atoms with Gasteiger partial charge in [0.1, 0.15) is 11.6 Å². The van der Waals surface area contributed by atoms with Crippen molar-refractivity contribution in [3.05, 3.63) is 53.3 Å². The molecule has 3 aromatic rings. The highest BCUT2D eigenvalue weighted by atomic mass is 35.5. The Morgan fingerprint density at radius 2 is 2.12 bits per heavy atom. The third kappa shape index (κ3) is 4.49. The van der Waals surface area contributed by atoms with Crippen molar-refractivity contribution in [2.75, 3.05) is 11.1 Å². The SMILES string of the molecule is O=C(CSc1nnc(-c2cccc(F)c2)o1)Nc1cc(Cl)ccc1O. The number of hydrogen-bond acceptors (Lipinski definition) is 6. The molecule has 0 atom stereocenters. The van der Waals surface area contributed by atoms with Gasteiger partial charge in [0.25, 0.3) is 5.22 Å². The van der Waals surface area contributed by atoms with Gasteiger partial charge in [0, 0.05) is 10.6 Å². The van der Waals surface area contributed by atoms with Crippen molar-refractivity contribution in [1.82, 2.24) is 10.2 Å². The van der Waals surface area contributed by atoms with Crippen LogP contribution in [0.25, 0.3) is 11.5 Å². The molecule has 0 aliphatic rings. The number of nitrogens with one attached hydrogen (secondary N) is 1. The first-order valence-electron chi connectivity index (χ1n) is 7.02. The normalized spacial score (nSPS) is 10.6. The Hall–Kier alpha value is -2.58. The number of phenolic OH excluding ortho intramolecular Hbond substituents is 1. The minimum absolute atomic E-state index is 0.0171. The van der Waals surface area contributed by atoms with Gasteiger partial charge >= 0.3 is 0 Å². The van der Waals surface area contributed by atoms with E-state index in [1.54, 1.807) is 6.07 Å². The molecule has 0 radical (unpaired) electrons. The zero-order valence-corrected chi connectivity index (χ0v) is 14.1. The topological polar surface area (TPSA) is 88.2 Å². The summed E-state index contributed by atoms with van der Waals surface area (Å²) in [6.07, 6.45) is 0. The van der Waals surface area contributed by atoms with Crippen LogP contribution in [0.5, 0.6) is 5.75 Å². The van der Waals surface area contributed by atoms with Gasteiger partial charge in [0.2, 0.25) is 11.8 Å². The van der Waals surface area contributed by atoms with Crippen molar-refractivity contribution in [3.63, 3.8) is 0 Å². The lowest BCUT2D eigenvalue weighted by atomic mass is 10.2. The number of hydrogen-bond donors (Lipinski definition) is 2. The first-order chi connectivity index (χ1) is 12.0. The highest BCUT2D eigenvalue weighted by Crippen LogP contribution is 2.27. The van der Waals surface area contributed by atoms with Gasteiger partial charge in [-0.2, -0.15) is 0 Å². The summed E-state index contributed by atoms with van der Waals surface area (Å²) in [5.41, 5.74) is 0.664. The molecule has 0 aliphatic heterocycles. The van der Waals surface area contributed by atoms with E-state index >= 15 is 0 Å². The van der Waals surface area contributed by atoms with Crippen LogP contribution in [0.15, 0.2) is 52.1 Å². The summed E-state index contributed by atoms with van der Waals surface area (Å²) in [5.74, 6) is -0.737. The molecule has 2 aromatic carbocycles. The molecule has 1 heterocycles. The molecule has 0 aliphatic carbocycles. The number of aromatic hydroxyl groups is 1. The standard InChI is InChI=1S/C16H11ClFN3O3S/c17-10-4-5-13(22)12(7-10)19-14(23)8-25-16-21-20-15(24-16)9-2-1-3-11(18)6-9/h1-7,22H,8H2,(H,19,23).